The quantitative estimate of drug-likeness (QED) is 0.536. The van der Waals surface area contributed by atoms with E-state index in [1.54, 1.807) is 13.3 Å². The zero-order chi connectivity index (χ0) is 22.6. The molecule has 1 aromatic heterocycles. The van der Waals surface area contributed by atoms with Gasteiger partial charge in [0.1, 0.15) is 11.6 Å². The second-order valence-electron chi connectivity index (χ2n) is 7.60. The first-order valence-electron chi connectivity index (χ1n) is 10.9. The van der Waals surface area contributed by atoms with Crippen molar-refractivity contribution in [1.29, 1.82) is 0 Å². The number of piperidine rings is 1. The van der Waals surface area contributed by atoms with E-state index in [9.17, 15) is 4.79 Å². The van der Waals surface area contributed by atoms with Crippen LogP contribution in [0.5, 0.6) is 5.75 Å². The van der Waals surface area contributed by atoms with Crippen LogP contribution < -0.4 is 20.3 Å². The van der Waals surface area contributed by atoms with Crippen LogP contribution in [0, 0.1) is 6.92 Å². The average molecular weight is 434 g/mol. The number of benzene rings is 2. The number of hydrogen-bond acceptors (Lipinski definition) is 6. The monoisotopic (exact) mass is 433 g/mol. The lowest BCUT2D eigenvalue weighted by molar-refractivity contribution is -0.109. The van der Waals surface area contributed by atoms with Crippen molar-refractivity contribution in [3.05, 3.63) is 71.9 Å². The minimum atomic E-state index is 0.600. The number of amides is 1. The molecule has 168 valence electrons. The highest BCUT2D eigenvalue weighted by Gasteiger charge is 2.13. The van der Waals surface area contributed by atoms with E-state index in [1.165, 1.54) is 24.8 Å². The highest BCUT2D eigenvalue weighted by Crippen LogP contribution is 2.26. The maximum absolute atomic E-state index is 9.93. The molecule has 0 radical (unpaired) electrons. The van der Waals surface area contributed by atoms with Crippen molar-refractivity contribution in [2.45, 2.75) is 32.7 Å². The van der Waals surface area contributed by atoms with Gasteiger partial charge in [-0.1, -0.05) is 42.0 Å². The molecule has 0 atom stereocenters. The standard InChI is InChI=1S/C16H20N4O.C9H11NO/c1-21-14-8-4-3-7-13(14)18-16-17-10-9-15(19-16)20-11-5-2-6-12-20;1-8-2-4-9(5-3-8)6-10-7-11/h3-4,7-10H,2,5-6,11-12H2,1H3,(H,17,18,19);2-5,7H,6H2,1H3,(H,10,11). The number of nitrogens with zero attached hydrogens (tertiary/aromatic N) is 3. The summed E-state index contributed by atoms with van der Waals surface area (Å²) in [5.41, 5.74) is 3.23. The predicted octanol–water partition coefficient (Wildman–Crippen LogP) is 4.46. The van der Waals surface area contributed by atoms with Crippen LogP contribution in [0.3, 0.4) is 0 Å². The van der Waals surface area contributed by atoms with Crippen LogP contribution in [0.2, 0.25) is 0 Å². The molecule has 7 heteroatoms. The number of aryl methyl sites for hydroxylation is 1. The second kappa shape index (κ2) is 12.3. The molecule has 0 bridgehead atoms. The SMILES string of the molecule is COc1ccccc1Nc1nccc(N2CCCCC2)n1.Cc1ccc(CNC=O)cc1. The third-order valence-electron chi connectivity index (χ3n) is 5.18. The Balaban J connectivity index is 0.000000222. The van der Waals surface area contributed by atoms with Crippen LogP contribution in [-0.4, -0.2) is 36.6 Å². The summed E-state index contributed by atoms with van der Waals surface area (Å²) >= 11 is 0. The number of anilines is 3. The van der Waals surface area contributed by atoms with E-state index in [0.29, 0.717) is 18.9 Å². The molecule has 1 saturated heterocycles. The number of nitrogens with one attached hydrogen (secondary N) is 2. The van der Waals surface area contributed by atoms with Gasteiger partial charge in [-0.25, -0.2) is 4.98 Å². The highest BCUT2D eigenvalue weighted by atomic mass is 16.5. The molecule has 1 amide bonds. The number of carbonyl (C=O) groups excluding carboxylic acids is 1. The fourth-order valence-electron chi connectivity index (χ4n) is 3.44. The third-order valence-corrected chi connectivity index (χ3v) is 5.18. The fraction of sp³-hybridized carbons (Fsp3) is 0.320. The molecule has 1 fully saturated rings. The molecular weight excluding hydrogens is 402 g/mol. The molecule has 1 aliphatic rings. The first-order chi connectivity index (χ1) is 15.7. The van der Waals surface area contributed by atoms with Crippen molar-refractivity contribution in [1.82, 2.24) is 15.3 Å². The molecule has 1 aliphatic heterocycles. The third kappa shape index (κ3) is 6.97. The lowest BCUT2D eigenvalue weighted by Gasteiger charge is -2.27. The van der Waals surface area contributed by atoms with Crippen molar-refractivity contribution in [2.75, 3.05) is 30.4 Å². The van der Waals surface area contributed by atoms with Crippen molar-refractivity contribution in [3.8, 4) is 5.75 Å². The maximum Gasteiger partial charge on any atom is 0.229 e. The zero-order valence-electron chi connectivity index (χ0n) is 18.8. The van der Waals surface area contributed by atoms with Gasteiger partial charge in [0.15, 0.2) is 0 Å². The first kappa shape index (κ1) is 23.1. The van der Waals surface area contributed by atoms with E-state index in [2.05, 4.69) is 25.5 Å². The molecule has 0 unspecified atom stereocenters. The van der Waals surface area contributed by atoms with Gasteiger partial charge in [-0.2, -0.15) is 4.98 Å². The molecule has 0 aliphatic carbocycles. The van der Waals surface area contributed by atoms with E-state index in [4.69, 9.17) is 4.74 Å². The molecule has 3 aromatic rings. The largest absolute Gasteiger partial charge is 0.495 e. The Kier molecular flexibility index (Phi) is 8.86. The predicted molar refractivity (Wildman–Crippen MR) is 128 cm³/mol. The summed E-state index contributed by atoms with van der Waals surface area (Å²) in [6.07, 6.45) is 6.29. The number of aromatic nitrogens is 2. The van der Waals surface area contributed by atoms with Crippen LogP contribution >= 0.6 is 0 Å². The number of methoxy groups -OCH3 is 1. The average Bonchev–Trinajstić information content (AvgIpc) is 2.85. The normalized spacial score (nSPS) is 12.9. The Morgan fingerprint density at radius 2 is 1.78 bits per heavy atom. The minimum absolute atomic E-state index is 0.600. The van der Waals surface area contributed by atoms with Crippen LogP contribution in [0.1, 0.15) is 30.4 Å². The van der Waals surface area contributed by atoms with Crippen LogP contribution in [0.15, 0.2) is 60.8 Å². The fourth-order valence-corrected chi connectivity index (χ4v) is 3.44. The number of para-hydroxylation sites is 2. The van der Waals surface area contributed by atoms with Crippen molar-refractivity contribution < 1.29 is 9.53 Å². The summed E-state index contributed by atoms with van der Waals surface area (Å²) in [7, 11) is 1.66. The number of hydrogen-bond donors (Lipinski definition) is 2. The summed E-state index contributed by atoms with van der Waals surface area (Å²) in [4.78, 5) is 21.2. The van der Waals surface area contributed by atoms with Gasteiger partial charge in [0.25, 0.3) is 0 Å². The second-order valence-corrected chi connectivity index (χ2v) is 7.60. The molecule has 7 nitrogen and oxygen atoms in total. The van der Waals surface area contributed by atoms with Crippen molar-refractivity contribution in [3.63, 3.8) is 0 Å². The van der Waals surface area contributed by atoms with Crippen LogP contribution in [-0.2, 0) is 11.3 Å². The van der Waals surface area contributed by atoms with Gasteiger partial charge in [-0.3, -0.25) is 4.79 Å². The van der Waals surface area contributed by atoms with Gasteiger partial charge in [0.05, 0.1) is 12.8 Å². The Bertz CT molecular complexity index is 972. The van der Waals surface area contributed by atoms with Gasteiger partial charge >= 0.3 is 0 Å². The minimum Gasteiger partial charge on any atom is -0.495 e. The summed E-state index contributed by atoms with van der Waals surface area (Å²) in [6.45, 7) is 4.80. The van der Waals surface area contributed by atoms with Gasteiger partial charge in [-0.05, 0) is 49.9 Å². The lowest BCUT2D eigenvalue weighted by atomic mass is 10.1. The smallest absolute Gasteiger partial charge is 0.229 e. The summed E-state index contributed by atoms with van der Waals surface area (Å²) in [6, 6.07) is 17.8. The Morgan fingerprint density at radius 1 is 1.03 bits per heavy atom. The van der Waals surface area contributed by atoms with E-state index >= 15 is 0 Å². The molecule has 32 heavy (non-hydrogen) atoms. The van der Waals surface area contributed by atoms with Gasteiger partial charge in [-0.15, -0.1) is 0 Å². The van der Waals surface area contributed by atoms with E-state index < -0.39 is 0 Å². The van der Waals surface area contributed by atoms with Gasteiger partial charge in [0, 0.05) is 25.8 Å². The maximum atomic E-state index is 9.93. The zero-order valence-corrected chi connectivity index (χ0v) is 18.8. The Labute approximate surface area is 189 Å². The summed E-state index contributed by atoms with van der Waals surface area (Å²) in [5.74, 6) is 2.37. The Hall–Kier alpha value is -3.61. The molecule has 2 aromatic carbocycles. The summed E-state index contributed by atoms with van der Waals surface area (Å²) in [5, 5.41) is 5.83. The summed E-state index contributed by atoms with van der Waals surface area (Å²) < 4.78 is 5.34. The molecule has 0 saturated carbocycles. The molecule has 2 heterocycles. The number of carbonyl (C=O) groups is 1. The van der Waals surface area contributed by atoms with Crippen LogP contribution in [0.4, 0.5) is 17.5 Å². The number of ether oxygens (including phenoxy) is 1. The molecule has 2 N–H and O–H groups in total. The van der Waals surface area contributed by atoms with E-state index in [-0.39, 0.29) is 0 Å². The Morgan fingerprint density at radius 3 is 2.50 bits per heavy atom. The highest BCUT2D eigenvalue weighted by molar-refractivity contribution is 5.63. The van der Waals surface area contributed by atoms with E-state index in [0.717, 1.165) is 35.9 Å². The van der Waals surface area contributed by atoms with Crippen molar-refractivity contribution in [2.24, 2.45) is 0 Å². The molecule has 4 rings (SSSR count). The first-order valence-corrected chi connectivity index (χ1v) is 10.9. The van der Waals surface area contributed by atoms with Crippen molar-refractivity contribution >= 4 is 23.9 Å². The van der Waals surface area contributed by atoms with E-state index in [1.807, 2.05) is 61.5 Å². The van der Waals surface area contributed by atoms with Crippen LogP contribution in [0.25, 0.3) is 0 Å². The lowest BCUT2D eigenvalue weighted by Crippen LogP contribution is -2.30. The van der Waals surface area contributed by atoms with Gasteiger partial charge in [0.2, 0.25) is 12.4 Å². The topological polar surface area (TPSA) is 79.4 Å². The molecular formula is C25H31N5O2. The van der Waals surface area contributed by atoms with Gasteiger partial charge < -0.3 is 20.3 Å². The number of rotatable bonds is 7. The molecule has 0 spiro atoms.